The third-order valence-electron chi connectivity index (χ3n) is 3.74. The fraction of sp³-hybridized carbons (Fsp3) is 0.692. The van der Waals surface area contributed by atoms with Gasteiger partial charge in [0.05, 0.1) is 0 Å². The Bertz CT molecular complexity index is 332. The highest BCUT2D eigenvalue weighted by molar-refractivity contribution is 5.93. The monoisotopic (exact) mass is 236 g/mol. The lowest BCUT2D eigenvalue weighted by Gasteiger charge is -2.31. The predicted molar refractivity (Wildman–Crippen MR) is 65.4 cm³/mol. The summed E-state index contributed by atoms with van der Waals surface area (Å²) in [5.74, 6) is 0.129. The largest absolute Gasteiger partial charge is 0.342 e. The normalized spacial score (nSPS) is 23.6. The highest BCUT2D eigenvalue weighted by Crippen LogP contribution is 2.32. The van der Waals surface area contributed by atoms with Crippen LogP contribution in [0.15, 0.2) is 12.7 Å². The van der Waals surface area contributed by atoms with E-state index in [4.69, 9.17) is 0 Å². The zero-order valence-electron chi connectivity index (χ0n) is 10.2. The van der Waals surface area contributed by atoms with Crippen molar-refractivity contribution in [2.24, 2.45) is 0 Å². The lowest BCUT2D eigenvalue weighted by Crippen LogP contribution is -2.55. The van der Waals surface area contributed by atoms with Gasteiger partial charge in [-0.15, -0.1) is 6.58 Å². The molecule has 0 atom stereocenters. The van der Waals surface area contributed by atoms with Crippen molar-refractivity contribution in [3.05, 3.63) is 12.7 Å². The van der Waals surface area contributed by atoms with Crippen LogP contribution in [0.4, 0.5) is 0 Å². The Kier molecular flexibility index (Phi) is 3.50. The maximum Gasteiger partial charge on any atom is 0.248 e. The molecule has 2 aliphatic rings. The van der Waals surface area contributed by atoms with E-state index in [9.17, 15) is 9.59 Å². The molecule has 1 spiro atoms. The molecule has 0 bridgehead atoms. The minimum Gasteiger partial charge on any atom is -0.342 e. The summed E-state index contributed by atoms with van der Waals surface area (Å²) in [6.45, 7) is 4.90. The zero-order valence-corrected chi connectivity index (χ0v) is 10.2. The molecular formula is C13H20N2O2. The second kappa shape index (κ2) is 4.90. The van der Waals surface area contributed by atoms with Crippen LogP contribution >= 0.6 is 0 Å². The molecule has 1 aliphatic heterocycles. The van der Waals surface area contributed by atoms with Crippen LogP contribution in [0, 0.1) is 0 Å². The van der Waals surface area contributed by atoms with Gasteiger partial charge in [0.2, 0.25) is 11.8 Å². The number of rotatable bonds is 3. The van der Waals surface area contributed by atoms with Crippen molar-refractivity contribution >= 4 is 11.8 Å². The number of carbonyl (C=O) groups is 2. The van der Waals surface area contributed by atoms with Crippen LogP contribution in [-0.4, -0.2) is 35.3 Å². The van der Waals surface area contributed by atoms with Gasteiger partial charge in [0, 0.05) is 19.5 Å². The van der Waals surface area contributed by atoms with Gasteiger partial charge in [0.15, 0.2) is 0 Å². The molecule has 2 amide bonds. The summed E-state index contributed by atoms with van der Waals surface area (Å²) in [4.78, 5) is 26.0. The van der Waals surface area contributed by atoms with Gasteiger partial charge in [-0.3, -0.25) is 9.59 Å². The zero-order chi connectivity index (χ0) is 12.3. The smallest absolute Gasteiger partial charge is 0.248 e. The Morgan fingerprint density at radius 3 is 2.71 bits per heavy atom. The molecule has 1 heterocycles. The van der Waals surface area contributed by atoms with Gasteiger partial charge < -0.3 is 10.2 Å². The van der Waals surface area contributed by atoms with Crippen LogP contribution in [0.25, 0.3) is 0 Å². The van der Waals surface area contributed by atoms with E-state index in [0.29, 0.717) is 19.5 Å². The van der Waals surface area contributed by atoms with Gasteiger partial charge in [-0.2, -0.15) is 0 Å². The van der Waals surface area contributed by atoms with Crippen LogP contribution in [0.5, 0.6) is 0 Å². The van der Waals surface area contributed by atoms with Crippen molar-refractivity contribution in [1.82, 2.24) is 10.2 Å². The van der Waals surface area contributed by atoms with Crippen molar-refractivity contribution in [2.75, 3.05) is 13.1 Å². The molecule has 1 saturated carbocycles. The van der Waals surface area contributed by atoms with E-state index in [1.807, 2.05) is 11.0 Å². The van der Waals surface area contributed by atoms with E-state index in [0.717, 1.165) is 32.1 Å². The quantitative estimate of drug-likeness (QED) is 0.749. The molecule has 0 aromatic heterocycles. The number of carbonyl (C=O) groups excluding carboxylic acids is 2. The lowest BCUT2D eigenvalue weighted by molar-refractivity contribution is -0.138. The molecule has 0 radical (unpaired) electrons. The average molecular weight is 236 g/mol. The first-order valence-electron chi connectivity index (χ1n) is 6.39. The molecule has 2 rings (SSSR count). The molecule has 17 heavy (non-hydrogen) atoms. The van der Waals surface area contributed by atoms with Gasteiger partial charge in [-0.05, 0) is 19.3 Å². The van der Waals surface area contributed by atoms with Gasteiger partial charge in [0.1, 0.15) is 5.54 Å². The molecule has 0 aromatic carbocycles. The minimum atomic E-state index is -0.589. The number of hydrogen-bond acceptors (Lipinski definition) is 2. The molecule has 0 aromatic rings. The summed E-state index contributed by atoms with van der Waals surface area (Å²) in [6, 6.07) is 0. The summed E-state index contributed by atoms with van der Waals surface area (Å²) >= 11 is 0. The Hall–Kier alpha value is -1.32. The molecule has 4 nitrogen and oxygen atoms in total. The molecular weight excluding hydrogens is 216 g/mol. The van der Waals surface area contributed by atoms with Crippen LogP contribution in [0.3, 0.4) is 0 Å². The van der Waals surface area contributed by atoms with Crippen LogP contribution in [-0.2, 0) is 9.59 Å². The average Bonchev–Trinajstić information content (AvgIpc) is 2.73. The number of hydrogen-bond donors (Lipinski definition) is 1. The number of nitrogens with zero attached hydrogens (tertiary/aromatic N) is 1. The lowest BCUT2D eigenvalue weighted by atomic mass is 9.96. The fourth-order valence-corrected chi connectivity index (χ4v) is 2.80. The number of nitrogens with one attached hydrogen (secondary N) is 1. The van der Waals surface area contributed by atoms with Crippen molar-refractivity contribution in [3.8, 4) is 0 Å². The van der Waals surface area contributed by atoms with Crippen LogP contribution < -0.4 is 5.32 Å². The Morgan fingerprint density at radius 2 is 2.06 bits per heavy atom. The summed E-state index contributed by atoms with van der Waals surface area (Å²) < 4.78 is 0. The van der Waals surface area contributed by atoms with E-state index in [-0.39, 0.29) is 11.8 Å². The van der Waals surface area contributed by atoms with E-state index in [1.54, 1.807) is 0 Å². The first-order chi connectivity index (χ1) is 8.18. The van der Waals surface area contributed by atoms with Crippen molar-refractivity contribution in [3.63, 3.8) is 0 Å². The second-order valence-electron chi connectivity index (χ2n) is 4.96. The van der Waals surface area contributed by atoms with Gasteiger partial charge in [-0.1, -0.05) is 18.9 Å². The summed E-state index contributed by atoms with van der Waals surface area (Å²) in [6.07, 6.45) is 6.67. The SMILES string of the molecule is C=CCCN1CCC(=O)NC2(CCCC2)C1=O. The van der Waals surface area contributed by atoms with Crippen molar-refractivity contribution < 1.29 is 9.59 Å². The van der Waals surface area contributed by atoms with Gasteiger partial charge >= 0.3 is 0 Å². The Morgan fingerprint density at radius 1 is 1.35 bits per heavy atom. The first-order valence-corrected chi connectivity index (χ1v) is 6.39. The third-order valence-corrected chi connectivity index (χ3v) is 3.74. The Labute approximate surface area is 102 Å². The summed E-state index contributed by atoms with van der Waals surface area (Å²) in [7, 11) is 0. The third kappa shape index (κ3) is 2.35. The molecule has 4 heteroatoms. The second-order valence-corrected chi connectivity index (χ2v) is 4.96. The van der Waals surface area contributed by atoms with E-state index < -0.39 is 5.54 Å². The van der Waals surface area contributed by atoms with E-state index in [2.05, 4.69) is 11.9 Å². The maximum absolute atomic E-state index is 12.5. The van der Waals surface area contributed by atoms with Gasteiger partial charge in [0.25, 0.3) is 0 Å². The molecule has 1 N–H and O–H groups in total. The highest BCUT2D eigenvalue weighted by atomic mass is 16.2. The van der Waals surface area contributed by atoms with Crippen LogP contribution in [0.2, 0.25) is 0 Å². The fourth-order valence-electron chi connectivity index (χ4n) is 2.80. The maximum atomic E-state index is 12.5. The van der Waals surface area contributed by atoms with E-state index in [1.165, 1.54) is 0 Å². The minimum absolute atomic E-state index is 0.0151. The molecule has 2 fully saturated rings. The highest BCUT2D eigenvalue weighted by Gasteiger charge is 2.46. The number of amides is 2. The molecule has 94 valence electrons. The predicted octanol–water partition coefficient (Wildman–Crippen LogP) is 1.22. The van der Waals surface area contributed by atoms with Gasteiger partial charge in [-0.25, -0.2) is 0 Å². The molecule has 1 saturated heterocycles. The molecule has 1 aliphatic carbocycles. The van der Waals surface area contributed by atoms with Crippen molar-refractivity contribution in [2.45, 2.75) is 44.1 Å². The van der Waals surface area contributed by atoms with E-state index >= 15 is 0 Å². The van der Waals surface area contributed by atoms with Crippen molar-refractivity contribution in [1.29, 1.82) is 0 Å². The molecule has 0 unspecified atom stereocenters. The summed E-state index contributed by atoms with van der Waals surface area (Å²) in [5, 5.41) is 2.95. The first kappa shape index (κ1) is 12.1. The Balaban J connectivity index is 2.16. The van der Waals surface area contributed by atoms with Crippen LogP contribution in [0.1, 0.15) is 38.5 Å². The summed E-state index contributed by atoms with van der Waals surface area (Å²) in [5.41, 5.74) is -0.589. The topological polar surface area (TPSA) is 49.4 Å². The standard InChI is InChI=1S/C13H20N2O2/c1-2-3-9-15-10-6-11(16)14-13(12(15)17)7-4-5-8-13/h2H,1,3-10H2,(H,14,16).